The summed E-state index contributed by atoms with van der Waals surface area (Å²) in [5.41, 5.74) is 6.89. The third-order valence-electron chi connectivity index (χ3n) is 6.99. The van der Waals surface area contributed by atoms with Crippen molar-refractivity contribution in [2.45, 2.75) is 18.3 Å². The Morgan fingerprint density at radius 2 is 1.13 bits per heavy atom. The van der Waals surface area contributed by atoms with Crippen molar-refractivity contribution in [1.29, 1.82) is 0 Å². The number of hydrogen-bond donors (Lipinski definition) is 1. The summed E-state index contributed by atoms with van der Waals surface area (Å²) in [5.74, 6) is 4.10. The van der Waals surface area contributed by atoms with Crippen LogP contribution < -0.4 is 9.47 Å². The Labute approximate surface area is 224 Å². The molecule has 0 amide bonds. The van der Waals surface area contributed by atoms with Crippen molar-refractivity contribution in [2.24, 2.45) is 0 Å². The van der Waals surface area contributed by atoms with Gasteiger partial charge in [-0.25, -0.2) is 0 Å². The summed E-state index contributed by atoms with van der Waals surface area (Å²) in [5, 5.41) is 9.09. The first-order chi connectivity index (χ1) is 18.8. The Morgan fingerprint density at radius 1 is 0.632 bits per heavy atom. The number of fused-ring (bicyclic) bond motifs is 3. The molecule has 1 aliphatic rings. The van der Waals surface area contributed by atoms with E-state index in [1.54, 1.807) is 0 Å². The zero-order valence-corrected chi connectivity index (χ0v) is 21.4. The van der Waals surface area contributed by atoms with Gasteiger partial charge in [-0.05, 0) is 57.6 Å². The van der Waals surface area contributed by atoms with E-state index in [2.05, 4.69) is 90.8 Å². The number of terminal acetylenes is 1. The summed E-state index contributed by atoms with van der Waals surface area (Å²) in [6.45, 7) is 2.09. The minimum Gasteiger partial charge on any atom is -0.494 e. The summed E-state index contributed by atoms with van der Waals surface area (Å²) in [6, 6.07) is 34.2. The van der Waals surface area contributed by atoms with E-state index in [1.165, 1.54) is 33.4 Å². The second kappa shape index (κ2) is 12.0. The van der Waals surface area contributed by atoms with Gasteiger partial charge in [0.05, 0.1) is 25.2 Å². The first-order valence-electron chi connectivity index (χ1n) is 13.1. The fourth-order valence-electron chi connectivity index (χ4n) is 5.36. The van der Waals surface area contributed by atoms with Gasteiger partial charge in [0, 0.05) is 19.4 Å². The Hall–Kier alpha value is -4.04. The number of rotatable bonds is 12. The molecule has 0 bridgehead atoms. The summed E-state index contributed by atoms with van der Waals surface area (Å²) in [7, 11) is 0. The second-order valence-electron chi connectivity index (χ2n) is 9.27. The average Bonchev–Trinajstić information content (AvgIpc) is 3.27. The standard InChI is InChI=1S/C34H32O4/c1-2-22-36-23-8-25-38-29-19-15-27(16-20-29)34(26-13-17-28(18-14-26)37-24-7-21-35)32-11-5-3-9-30(32)31-10-4-6-12-33(31)34/h1,3-6,9-20,35H,7-8,21-25H2. The highest BCUT2D eigenvalue weighted by molar-refractivity contribution is 5.86. The number of benzene rings is 4. The zero-order chi connectivity index (χ0) is 26.2. The molecule has 4 aromatic rings. The minimum atomic E-state index is -0.474. The van der Waals surface area contributed by atoms with E-state index in [9.17, 15) is 0 Å². The van der Waals surface area contributed by atoms with Gasteiger partial charge in [-0.3, -0.25) is 0 Å². The van der Waals surface area contributed by atoms with Gasteiger partial charge in [-0.2, -0.15) is 0 Å². The Balaban J connectivity index is 1.52. The molecular formula is C34H32O4. The number of aliphatic hydroxyl groups is 1. The van der Waals surface area contributed by atoms with Gasteiger partial charge < -0.3 is 19.3 Å². The van der Waals surface area contributed by atoms with E-state index in [1.807, 2.05) is 12.1 Å². The molecule has 5 rings (SSSR count). The van der Waals surface area contributed by atoms with E-state index in [0.29, 0.717) is 32.8 Å². The molecule has 0 unspecified atom stereocenters. The lowest BCUT2D eigenvalue weighted by molar-refractivity contribution is 0.147. The third-order valence-corrected chi connectivity index (χ3v) is 6.99. The molecule has 0 fully saturated rings. The van der Waals surface area contributed by atoms with Gasteiger partial charge in [-0.1, -0.05) is 78.7 Å². The van der Waals surface area contributed by atoms with Gasteiger partial charge in [0.2, 0.25) is 0 Å². The van der Waals surface area contributed by atoms with Crippen LogP contribution in [0.15, 0.2) is 97.1 Å². The molecule has 0 atom stereocenters. The fourth-order valence-corrected chi connectivity index (χ4v) is 5.36. The van der Waals surface area contributed by atoms with Crippen LogP contribution in [0.2, 0.25) is 0 Å². The van der Waals surface area contributed by atoms with Crippen molar-refractivity contribution in [1.82, 2.24) is 0 Å². The van der Waals surface area contributed by atoms with Gasteiger partial charge in [0.1, 0.15) is 18.1 Å². The Kier molecular flexibility index (Phi) is 8.09. The maximum Gasteiger partial charge on any atom is 0.119 e. The predicted octanol–water partition coefficient (Wildman–Crippen LogP) is 6.23. The van der Waals surface area contributed by atoms with Crippen LogP contribution in [0.3, 0.4) is 0 Å². The lowest BCUT2D eigenvalue weighted by Gasteiger charge is -2.34. The predicted molar refractivity (Wildman–Crippen MR) is 151 cm³/mol. The molecule has 192 valence electrons. The number of ether oxygens (including phenoxy) is 3. The van der Waals surface area contributed by atoms with Crippen LogP contribution in [0.25, 0.3) is 11.1 Å². The maximum absolute atomic E-state index is 9.09. The highest BCUT2D eigenvalue weighted by Gasteiger charge is 2.45. The molecule has 4 nitrogen and oxygen atoms in total. The highest BCUT2D eigenvalue weighted by atomic mass is 16.5. The molecule has 1 N–H and O–H groups in total. The Morgan fingerprint density at radius 3 is 1.63 bits per heavy atom. The molecular weight excluding hydrogens is 472 g/mol. The summed E-state index contributed by atoms with van der Waals surface area (Å²) in [6.07, 6.45) is 6.61. The van der Waals surface area contributed by atoms with Crippen LogP contribution in [0.4, 0.5) is 0 Å². The molecule has 0 radical (unpaired) electrons. The normalized spacial score (nSPS) is 12.8. The van der Waals surface area contributed by atoms with Gasteiger partial charge in [-0.15, -0.1) is 6.42 Å². The van der Waals surface area contributed by atoms with Crippen molar-refractivity contribution in [3.63, 3.8) is 0 Å². The zero-order valence-electron chi connectivity index (χ0n) is 21.4. The van der Waals surface area contributed by atoms with Crippen LogP contribution in [-0.2, 0) is 10.2 Å². The number of aliphatic hydroxyl groups excluding tert-OH is 1. The van der Waals surface area contributed by atoms with Crippen molar-refractivity contribution in [3.8, 4) is 35.0 Å². The molecule has 0 heterocycles. The SMILES string of the molecule is C#CCOCCCOc1ccc(C2(c3ccc(OCCCO)cc3)c3ccccc3-c3ccccc32)cc1. The highest BCUT2D eigenvalue weighted by Crippen LogP contribution is 2.56. The fraction of sp³-hybridized carbons (Fsp3) is 0.235. The topological polar surface area (TPSA) is 47.9 Å². The number of hydrogen-bond acceptors (Lipinski definition) is 4. The van der Waals surface area contributed by atoms with E-state index < -0.39 is 5.41 Å². The summed E-state index contributed by atoms with van der Waals surface area (Å²) < 4.78 is 17.1. The lowest BCUT2D eigenvalue weighted by atomic mass is 9.68. The lowest BCUT2D eigenvalue weighted by Crippen LogP contribution is -2.28. The first-order valence-corrected chi connectivity index (χ1v) is 13.1. The molecule has 4 heteroatoms. The quantitative estimate of drug-likeness (QED) is 0.162. The van der Waals surface area contributed by atoms with Crippen LogP contribution in [0.1, 0.15) is 35.1 Å². The van der Waals surface area contributed by atoms with Crippen LogP contribution in [0, 0.1) is 12.3 Å². The van der Waals surface area contributed by atoms with Gasteiger partial charge in [0.25, 0.3) is 0 Å². The largest absolute Gasteiger partial charge is 0.494 e. The van der Waals surface area contributed by atoms with Crippen molar-refractivity contribution in [3.05, 3.63) is 119 Å². The first kappa shape index (κ1) is 25.6. The van der Waals surface area contributed by atoms with Gasteiger partial charge in [0.15, 0.2) is 0 Å². The molecule has 0 spiro atoms. The molecule has 0 saturated carbocycles. The van der Waals surface area contributed by atoms with E-state index in [-0.39, 0.29) is 6.61 Å². The maximum atomic E-state index is 9.09. The summed E-state index contributed by atoms with van der Waals surface area (Å²) in [4.78, 5) is 0. The Bertz CT molecular complexity index is 1340. The van der Waals surface area contributed by atoms with Crippen molar-refractivity contribution < 1.29 is 19.3 Å². The van der Waals surface area contributed by atoms with Crippen molar-refractivity contribution in [2.75, 3.05) is 33.0 Å². The third kappa shape index (κ3) is 4.91. The molecule has 4 aromatic carbocycles. The smallest absolute Gasteiger partial charge is 0.119 e. The molecule has 0 aliphatic heterocycles. The molecule has 0 saturated heterocycles. The molecule has 0 aromatic heterocycles. The van der Waals surface area contributed by atoms with Crippen LogP contribution in [-0.4, -0.2) is 38.1 Å². The molecule has 1 aliphatic carbocycles. The minimum absolute atomic E-state index is 0.119. The second-order valence-corrected chi connectivity index (χ2v) is 9.27. The van der Waals surface area contributed by atoms with E-state index in [4.69, 9.17) is 25.7 Å². The average molecular weight is 505 g/mol. The monoisotopic (exact) mass is 504 g/mol. The van der Waals surface area contributed by atoms with Gasteiger partial charge >= 0.3 is 0 Å². The van der Waals surface area contributed by atoms with Crippen LogP contribution in [0.5, 0.6) is 11.5 Å². The van der Waals surface area contributed by atoms with Crippen molar-refractivity contribution >= 4 is 0 Å². The van der Waals surface area contributed by atoms with Crippen LogP contribution >= 0.6 is 0 Å². The summed E-state index contributed by atoms with van der Waals surface area (Å²) >= 11 is 0. The molecule has 38 heavy (non-hydrogen) atoms. The van der Waals surface area contributed by atoms with E-state index in [0.717, 1.165) is 17.9 Å². The van der Waals surface area contributed by atoms with E-state index >= 15 is 0 Å².